The first-order chi connectivity index (χ1) is 13.7. The molecule has 0 aromatic rings. The van der Waals surface area contributed by atoms with Gasteiger partial charge < -0.3 is 25.5 Å². The molecule has 3 N–H and O–H groups in total. The third-order valence-corrected chi connectivity index (χ3v) is 6.26. The first kappa shape index (κ1) is 23.2. The number of urea groups is 1. The van der Waals surface area contributed by atoms with E-state index in [4.69, 9.17) is 5.73 Å². The molecule has 2 heterocycles. The Bertz CT molecular complexity index is 630. The fourth-order valence-corrected chi connectivity index (χ4v) is 4.70. The molecular formula is C20H35N5O4. The predicted octanol–water partition coefficient (Wildman–Crippen LogP) is -0.295. The summed E-state index contributed by atoms with van der Waals surface area (Å²) in [6.45, 7) is 10.8. The second kappa shape index (κ2) is 9.58. The number of likely N-dealkylation sites (tertiary alicyclic amines) is 1. The number of piperidine rings is 1. The molecule has 0 saturated carbocycles. The van der Waals surface area contributed by atoms with Gasteiger partial charge in [-0.1, -0.05) is 20.4 Å². The SMILES string of the molecule is C=CC(=O)N1CCN(CCO)C2(CCN(C(=O)N(C)[C@H](C(N)=O)C(C)C)CC2)C1. The monoisotopic (exact) mass is 409 g/mol. The topological polar surface area (TPSA) is 110 Å². The van der Waals surface area contributed by atoms with Crippen LogP contribution in [0.4, 0.5) is 4.79 Å². The zero-order chi connectivity index (χ0) is 21.8. The van der Waals surface area contributed by atoms with E-state index < -0.39 is 11.9 Å². The number of aliphatic hydroxyl groups is 1. The Balaban J connectivity index is 2.10. The molecule has 29 heavy (non-hydrogen) atoms. The van der Waals surface area contributed by atoms with Crippen molar-refractivity contribution in [1.29, 1.82) is 0 Å². The van der Waals surface area contributed by atoms with Crippen LogP contribution >= 0.6 is 0 Å². The Morgan fingerprint density at radius 2 is 1.79 bits per heavy atom. The minimum absolute atomic E-state index is 0.0528. The molecule has 9 heteroatoms. The summed E-state index contributed by atoms with van der Waals surface area (Å²) in [5, 5.41) is 9.48. The molecule has 0 aromatic carbocycles. The molecule has 4 amide bonds. The summed E-state index contributed by atoms with van der Waals surface area (Å²) in [7, 11) is 1.62. The lowest BCUT2D eigenvalue weighted by molar-refractivity contribution is -0.133. The Labute approximate surface area is 173 Å². The van der Waals surface area contributed by atoms with Gasteiger partial charge in [-0.15, -0.1) is 0 Å². The van der Waals surface area contributed by atoms with Crippen LogP contribution in [-0.2, 0) is 9.59 Å². The van der Waals surface area contributed by atoms with E-state index in [-0.39, 0.29) is 30.0 Å². The lowest BCUT2D eigenvalue weighted by atomic mass is 9.83. The van der Waals surface area contributed by atoms with Crippen LogP contribution in [0.15, 0.2) is 12.7 Å². The molecule has 0 aliphatic carbocycles. The number of carbonyl (C=O) groups is 3. The lowest BCUT2D eigenvalue weighted by Gasteiger charge is -2.54. The molecule has 0 unspecified atom stereocenters. The number of piperazine rings is 1. The van der Waals surface area contributed by atoms with Crippen LogP contribution in [0.5, 0.6) is 0 Å². The van der Waals surface area contributed by atoms with E-state index in [1.54, 1.807) is 16.8 Å². The van der Waals surface area contributed by atoms with Gasteiger partial charge >= 0.3 is 6.03 Å². The van der Waals surface area contributed by atoms with Gasteiger partial charge in [0.2, 0.25) is 11.8 Å². The number of primary amides is 1. The van der Waals surface area contributed by atoms with Crippen LogP contribution in [0.3, 0.4) is 0 Å². The maximum atomic E-state index is 13.0. The zero-order valence-electron chi connectivity index (χ0n) is 17.8. The number of likely N-dealkylation sites (N-methyl/N-ethyl adjacent to an activating group) is 1. The van der Waals surface area contributed by atoms with Crippen LogP contribution in [0.2, 0.25) is 0 Å². The van der Waals surface area contributed by atoms with Crippen molar-refractivity contribution < 1.29 is 19.5 Å². The summed E-state index contributed by atoms with van der Waals surface area (Å²) in [6, 6.07) is -0.861. The van der Waals surface area contributed by atoms with Gasteiger partial charge in [-0.2, -0.15) is 0 Å². The lowest BCUT2D eigenvalue weighted by Crippen LogP contribution is -2.67. The highest BCUT2D eigenvalue weighted by atomic mass is 16.3. The second-order valence-corrected chi connectivity index (χ2v) is 8.37. The molecule has 2 rings (SSSR count). The Morgan fingerprint density at radius 1 is 1.17 bits per heavy atom. The molecule has 2 aliphatic heterocycles. The van der Waals surface area contributed by atoms with E-state index in [1.165, 1.54) is 11.0 Å². The van der Waals surface area contributed by atoms with Crippen molar-refractivity contribution in [2.45, 2.75) is 38.3 Å². The molecule has 0 aromatic heterocycles. The molecule has 0 radical (unpaired) electrons. The number of β-amino-alcohol motifs (C(OH)–C–C–N with tert-alkyl or cyclic N) is 1. The van der Waals surface area contributed by atoms with E-state index in [0.29, 0.717) is 52.1 Å². The van der Waals surface area contributed by atoms with Crippen LogP contribution < -0.4 is 5.73 Å². The largest absolute Gasteiger partial charge is 0.395 e. The minimum atomic E-state index is -0.653. The maximum Gasteiger partial charge on any atom is 0.320 e. The van der Waals surface area contributed by atoms with Crippen molar-refractivity contribution in [3.05, 3.63) is 12.7 Å². The highest BCUT2D eigenvalue weighted by Crippen LogP contribution is 2.33. The third kappa shape index (κ3) is 4.90. The summed E-state index contributed by atoms with van der Waals surface area (Å²) in [6.07, 6.45) is 2.71. The summed E-state index contributed by atoms with van der Waals surface area (Å²) in [5.74, 6) is -0.675. The molecule has 2 aliphatic rings. The Hall–Kier alpha value is -2.13. The first-order valence-corrected chi connectivity index (χ1v) is 10.2. The van der Waals surface area contributed by atoms with Crippen LogP contribution in [-0.4, -0.2) is 107 Å². The number of nitrogens with zero attached hydrogens (tertiary/aromatic N) is 4. The van der Waals surface area contributed by atoms with Gasteiger partial charge in [-0.3, -0.25) is 14.5 Å². The van der Waals surface area contributed by atoms with E-state index in [2.05, 4.69) is 11.5 Å². The van der Waals surface area contributed by atoms with Gasteiger partial charge in [-0.05, 0) is 24.8 Å². The molecule has 164 valence electrons. The van der Waals surface area contributed by atoms with Crippen molar-refractivity contribution in [2.24, 2.45) is 11.7 Å². The normalized spacial score (nSPS) is 20.6. The van der Waals surface area contributed by atoms with Crippen molar-refractivity contribution in [3.63, 3.8) is 0 Å². The van der Waals surface area contributed by atoms with Crippen LogP contribution in [0, 0.1) is 5.92 Å². The molecule has 0 bridgehead atoms. The highest BCUT2D eigenvalue weighted by molar-refractivity contribution is 5.87. The van der Waals surface area contributed by atoms with Crippen LogP contribution in [0.25, 0.3) is 0 Å². The fourth-order valence-electron chi connectivity index (χ4n) is 4.70. The Kier molecular flexibility index (Phi) is 7.65. The van der Waals surface area contributed by atoms with Gasteiger partial charge in [-0.25, -0.2) is 4.79 Å². The number of nitrogens with two attached hydrogens (primary N) is 1. The summed E-state index contributed by atoms with van der Waals surface area (Å²) in [4.78, 5) is 44.1. The van der Waals surface area contributed by atoms with Gasteiger partial charge in [0.25, 0.3) is 0 Å². The van der Waals surface area contributed by atoms with Crippen molar-refractivity contribution >= 4 is 17.8 Å². The molecular weight excluding hydrogens is 374 g/mol. The van der Waals surface area contributed by atoms with E-state index in [9.17, 15) is 19.5 Å². The maximum absolute atomic E-state index is 13.0. The van der Waals surface area contributed by atoms with Gasteiger partial charge in [0.05, 0.1) is 6.61 Å². The molecule has 1 spiro atoms. The average Bonchev–Trinajstić information content (AvgIpc) is 2.68. The summed E-state index contributed by atoms with van der Waals surface area (Å²) < 4.78 is 0. The summed E-state index contributed by atoms with van der Waals surface area (Å²) >= 11 is 0. The number of aliphatic hydroxyl groups excluding tert-OH is 1. The standard InChI is InChI=1S/C20H35N5O4/c1-5-16(27)24-10-11-25(12-13-26)20(14-24)6-8-23(9-7-20)19(29)22(4)17(15(2)3)18(21)28/h5,15,17,26H,1,6-14H2,2-4H3,(H2,21,28)/t17-/m0/s1. The Morgan fingerprint density at radius 3 is 2.28 bits per heavy atom. The van der Waals surface area contributed by atoms with E-state index in [0.717, 1.165) is 0 Å². The van der Waals surface area contributed by atoms with E-state index in [1.807, 2.05) is 13.8 Å². The number of amides is 4. The highest BCUT2D eigenvalue weighted by Gasteiger charge is 2.45. The second-order valence-electron chi connectivity index (χ2n) is 8.37. The molecule has 2 saturated heterocycles. The van der Waals surface area contributed by atoms with E-state index >= 15 is 0 Å². The van der Waals surface area contributed by atoms with Crippen molar-refractivity contribution in [2.75, 3.05) is 52.9 Å². The molecule has 2 fully saturated rings. The first-order valence-electron chi connectivity index (χ1n) is 10.2. The van der Waals surface area contributed by atoms with Gasteiger partial charge in [0.1, 0.15) is 6.04 Å². The minimum Gasteiger partial charge on any atom is -0.395 e. The summed E-state index contributed by atoms with van der Waals surface area (Å²) in [5.41, 5.74) is 5.23. The van der Waals surface area contributed by atoms with Crippen LogP contribution in [0.1, 0.15) is 26.7 Å². The average molecular weight is 410 g/mol. The smallest absolute Gasteiger partial charge is 0.320 e. The molecule has 1 atom stereocenters. The number of rotatable bonds is 6. The predicted molar refractivity (Wildman–Crippen MR) is 110 cm³/mol. The molecule has 9 nitrogen and oxygen atoms in total. The van der Waals surface area contributed by atoms with Gasteiger partial charge in [0, 0.05) is 51.9 Å². The number of hydrogen-bond acceptors (Lipinski definition) is 5. The quantitative estimate of drug-likeness (QED) is 0.586. The fraction of sp³-hybridized carbons (Fsp3) is 0.750. The zero-order valence-corrected chi connectivity index (χ0v) is 17.8. The van der Waals surface area contributed by atoms with Crippen molar-refractivity contribution in [1.82, 2.24) is 19.6 Å². The third-order valence-electron chi connectivity index (χ3n) is 6.26. The van der Waals surface area contributed by atoms with Gasteiger partial charge in [0.15, 0.2) is 0 Å². The van der Waals surface area contributed by atoms with Crippen molar-refractivity contribution in [3.8, 4) is 0 Å². The number of hydrogen-bond donors (Lipinski definition) is 2. The number of carbonyl (C=O) groups excluding carboxylic acids is 3.